The van der Waals surface area contributed by atoms with E-state index < -0.39 is 0 Å². The van der Waals surface area contributed by atoms with Crippen LogP contribution in [0, 0.1) is 0 Å². The van der Waals surface area contributed by atoms with Crippen LogP contribution in [0.15, 0.2) is 48.7 Å². The minimum atomic E-state index is -0.367. The van der Waals surface area contributed by atoms with Gasteiger partial charge in [-0.1, -0.05) is 18.2 Å². The highest BCUT2D eigenvalue weighted by atomic mass is 16.5. The molecule has 0 unspecified atom stereocenters. The van der Waals surface area contributed by atoms with Crippen molar-refractivity contribution in [2.24, 2.45) is 0 Å². The molecule has 3 N–H and O–H groups in total. The number of amides is 4. The SMILES string of the molecule is COCCCN1C(=O)c2ccc(NC(=O)NCCc3c[nH]c4ccccc34)cc2C1=O. The molecule has 2 heterocycles. The molecule has 0 fully saturated rings. The first-order chi connectivity index (χ1) is 15.1. The predicted octanol–water partition coefficient (Wildman–Crippen LogP) is 3.16. The number of hydrogen-bond acceptors (Lipinski definition) is 4. The topological polar surface area (TPSA) is 104 Å². The van der Waals surface area contributed by atoms with Gasteiger partial charge in [-0.3, -0.25) is 14.5 Å². The number of aromatic nitrogens is 1. The highest BCUT2D eigenvalue weighted by molar-refractivity contribution is 6.21. The van der Waals surface area contributed by atoms with Crippen LogP contribution in [0.2, 0.25) is 0 Å². The third-order valence-corrected chi connectivity index (χ3v) is 5.31. The monoisotopic (exact) mass is 420 g/mol. The van der Waals surface area contributed by atoms with Crippen LogP contribution < -0.4 is 10.6 Å². The number of hydrogen-bond donors (Lipinski definition) is 3. The van der Waals surface area contributed by atoms with Gasteiger partial charge in [-0.15, -0.1) is 0 Å². The quantitative estimate of drug-likeness (QED) is 0.385. The van der Waals surface area contributed by atoms with Gasteiger partial charge in [-0.25, -0.2) is 4.79 Å². The Morgan fingerprint density at radius 2 is 1.90 bits per heavy atom. The molecule has 8 heteroatoms. The Morgan fingerprint density at radius 3 is 2.74 bits per heavy atom. The van der Waals surface area contributed by atoms with Crippen molar-refractivity contribution in [3.05, 3.63) is 65.4 Å². The van der Waals surface area contributed by atoms with Gasteiger partial charge in [0.05, 0.1) is 11.1 Å². The number of benzene rings is 2. The second-order valence-electron chi connectivity index (χ2n) is 7.36. The van der Waals surface area contributed by atoms with Crippen LogP contribution in [0.5, 0.6) is 0 Å². The number of carbonyl (C=O) groups excluding carboxylic acids is 3. The molecule has 160 valence electrons. The summed E-state index contributed by atoms with van der Waals surface area (Å²) in [5, 5.41) is 6.70. The van der Waals surface area contributed by atoms with E-state index in [1.807, 2.05) is 30.5 Å². The Bertz CT molecular complexity index is 1140. The first-order valence-electron chi connectivity index (χ1n) is 10.2. The van der Waals surface area contributed by atoms with Crippen LogP contribution in [-0.4, -0.2) is 54.5 Å². The summed E-state index contributed by atoms with van der Waals surface area (Å²) in [7, 11) is 1.58. The Balaban J connectivity index is 1.33. The fraction of sp³-hybridized carbons (Fsp3) is 0.261. The minimum absolute atomic E-state index is 0.303. The first kappa shape index (κ1) is 20.6. The molecule has 0 saturated carbocycles. The first-order valence-corrected chi connectivity index (χ1v) is 10.2. The van der Waals surface area contributed by atoms with Crippen molar-refractivity contribution >= 4 is 34.4 Å². The van der Waals surface area contributed by atoms with Crippen LogP contribution >= 0.6 is 0 Å². The second-order valence-corrected chi connectivity index (χ2v) is 7.36. The van der Waals surface area contributed by atoms with E-state index in [1.54, 1.807) is 25.3 Å². The molecule has 1 aliphatic heterocycles. The van der Waals surface area contributed by atoms with Crippen molar-refractivity contribution in [1.82, 2.24) is 15.2 Å². The second kappa shape index (κ2) is 9.01. The number of fused-ring (bicyclic) bond motifs is 2. The van der Waals surface area contributed by atoms with E-state index in [2.05, 4.69) is 15.6 Å². The maximum Gasteiger partial charge on any atom is 0.319 e. The standard InChI is InChI=1S/C23H24N4O4/c1-31-12-4-11-27-21(28)18-8-7-16(13-19(18)22(27)29)26-23(30)24-10-9-15-14-25-20-6-3-2-5-17(15)20/h2-3,5-8,13-14,25H,4,9-12H2,1H3,(H2,24,26,30). The lowest BCUT2D eigenvalue weighted by molar-refractivity contribution is 0.0638. The number of ether oxygens (including phenoxy) is 1. The van der Waals surface area contributed by atoms with Gasteiger partial charge in [0.15, 0.2) is 0 Å². The molecule has 2 aromatic carbocycles. The van der Waals surface area contributed by atoms with Gasteiger partial charge in [0.1, 0.15) is 0 Å². The van der Waals surface area contributed by atoms with Crippen LogP contribution in [0.3, 0.4) is 0 Å². The van der Waals surface area contributed by atoms with Crippen molar-refractivity contribution in [3.8, 4) is 0 Å². The number of methoxy groups -OCH3 is 1. The van der Waals surface area contributed by atoms with E-state index in [4.69, 9.17) is 4.74 Å². The molecule has 0 radical (unpaired) electrons. The predicted molar refractivity (Wildman–Crippen MR) is 117 cm³/mol. The average molecular weight is 420 g/mol. The van der Waals surface area contributed by atoms with Gasteiger partial charge in [0.2, 0.25) is 0 Å². The zero-order chi connectivity index (χ0) is 21.8. The number of carbonyl (C=O) groups is 3. The Kier molecular flexibility index (Phi) is 5.99. The summed E-state index contributed by atoms with van der Waals surface area (Å²) in [5.41, 5.74) is 3.32. The highest BCUT2D eigenvalue weighted by Crippen LogP contribution is 2.26. The maximum atomic E-state index is 12.6. The number of nitrogens with zero attached hydrogens (tertiary/aromatic N) is 1. The van der Waals surface area contributed by atoms with E-state index in [9.17, 15) is 14.4 Å². The van der Waals surface area contributed by atoms with Crippen LogP contribution in [0.1, 0.15) is 32.7 Å². The number of nitrogens with one attached hydrogen (secondary N) is 3. The van der Waals surface area contributed by atoms with E-state index in [0.29, 0.717) is 49.4 Å². The molecule has 0 spiro atoms. The number of anilines is 1. The number of para-hydroxylation sites is 1. The lowest BCUT2D eigenvalue weighted by Crippen LogP contribution is -2.31. The normalized spacial score (nSPS) is 13.0. The largest absolute Gasteiger partial charge is 0.385 e. The van der Waals surface area contributed by atoms with Crippen molar-refractivity contribution in [1.29, 1.82) is 0 Å². The van der Waals surface area contributed by atoms with E-state index in [-0.39, 0.29) is 17.8 Å². The van der Waals surface area contributed by atoms with E-state index in [0.717, 1.165) is 16.5 Å². The molecular weight excluding hydrogens is 396 g/mol. The molecule has 0 bridgehead atoms. The summed E-state index contributed by atoms with van der Waals surface area (Å²) in [5.74, 6) is -0.662. The molecule has 3 aromatic rings. The van der Waals surface area contributed by atoms with Gasteiger partial charge in [0.25, 0.3) is 11.8 Å². The molecule has 8 nitrogen and oxygen atoms in total. The van der Waals surface area contributed by atoms with Crippen molar-refractivity contribution in [2.75, 3.05) is 32.1 Å². The van der Waals surface area contributed by atoms with Crippen LogP contribution in [-0.2, 0) is 11.2 Å². The van der Waals surface area contributed by atoms with Crippen molar-refractivity contribution < 1.29 is 19.1 Å². The molecule has 4 rings (SSSR count). The molecule has 0 saturated heterocycles. The Morgan fingerprint density at radius 1 is 1.10 bits per heavy atom. The summed E-state index contributed by atoms with van der Waals surface area (Å²) in [6.07, 6.45) is 3.21. The number of urea groups is 1. The molecule has 0 aliphatic carbocycles. The molecule has 1 aliphatic rings. The lowest BCUT2D eigenvalue weighted by atomic mass is 10.1. The molecular formula is C23H24N4O4. The minimum Gasteiger partial charge on any atom is -0.385 e. The molecule has 1 aromatic heterocycles. The smallest absolute Gasteiger partial charge is 0.319 e. The lowest BCUT2D eigenvalue weighted by Gasteiger charge is -2.12. The van der Waals surface area contributed by atoms with Gasteiger partial charge in [0, 0.05) is 49.6 Å². The number of aromatic amines is 1. The fourth-order valence-corrected chi connectivity index (χ4v) is 3.76. The summed E-state index contributed by atoms with van der Waals surface area (Å²) < 4.78 is 4.98. The number of H-pyrrole nitrogens is 1. The zero-order valence-corrected chi connectivity index (χ0v) is 17.2. The van der Waals surface area contributed by atoms with E-state index >= 15 is 0 Å². The van der Waals surface area contributed by atoms with Crippen molar-refractivity contribution in [2.45, 2.75) is 12.8 Å². The number of imide groups is 1. The Labute approximate surface area is 179 Å². The molecule has 31 heavy (non-hydrogen) atoms. The van der Waals surface area contributed by atoms with Crippen LogP contribution in [0.4, 0.5) is 10.5 Å². The van der Waals surface area contributed by atoms with Crippen molar-refractivity contribution in [3.63, 3.8) is 0 Å². The van der Waals surface area contributed by atoms with Gasteiger partial charge < -0.3 is 20.4 Å². The molecule has 0 atom stereocenters. The third-order valence-electron chi connectivity index (χ3n) is 5.31. The summed E-state index contributed by atoms with van der Waals surface area (Å²) >= 11 is 0. The summed E-state index contributed by atoms with van der Waals surface area (Å²) in [6.45, 7) is 1.24. The van der Waals surface area contributed by atoms with Crippen LogP contribution in [0.25, 0.3) is 10.9 Å². The Hall–Kier alpha value is -3.65. The summed E-state index contributed by atoms with van der Waals surface area (Å²) in [4.78, 5) is 41.7. The summed E-state index contributed by atoms with van der Waals surface area (Å²) in [6, 6.07) is 12.4. The van der Waals surface area contributed by atoms with Gasteiger partial charge in [-0.2, -0.15) is 0 Å². The maximum absolute atomic E-state index is 12.6. The van der Waals surface area contributed by atoms with Gasteiger partial charge >= 0.3 is 6.03 Å². The fourth-order valence-electron chi connectivity index (χ4n) is 3.76. The molecule has 4 amide bonds. The third kappa shape index (κ3) is 4.29. The highest BCUT2D eigenvalue weighted by Gasteiger charge is 2.35. The van der Waals surface area contributed by atoms with Gasteiger partial charge in [-0.05, 0) is 42.7 Å². The number of rotatable bonds is 8. The zero-order valence-electron chi connectivity index (χ0n) is 17.2. The average Bonchev–Trinajstić information content (AvgIpc) is 3.28. The van der Waals surface area contributed by atoms with E-state index in [1.165, 1.54) is 4.90 Å².